The molecular formula is C18H21NO2. The predicted octanol–water partition coefficient (Wildman–Crippen LogP) is 3.71. The Morgan fingerprint density at radius 1 is 1.19 bits per heavy atom. The Morgan fingerprint density at radius 3 is 2.57 bits per heavy atom. The fourth-order valence-electron chi connectivity index (χ4n) is 2.34. The van der Waals surface area contributed by atoms with Crippen LogP contribution in [-0.2, 0) is 6.42 Å². The summed E-state index contributed by atoms with van der Waals surface area (Å²) in [7, 11) is 1.58. The Kier molecular flexibility index (Phi) is 4.63. The molecule has 21 heavy (non-hydrogen) atoms. The maximum absolute atomic E-state index is 12.6. The number of ketones is 1. The summed E-state index contributed by atoms with van der Waals surface area (Å²) in [5.41, 5.74) is 8.74. The molecule has 0 heterocycles. The van der Waals surface area contributed by atoms with E-state index in [0.29, 0.717) is 28.5 Å². The Labute approximate surface area is 125 Å². The summed E-state index contributed by atoms with van der Waals surface area (Å²) in [6.07, 6.45) is 0.958. The number of carbonyl (C=O) groups excluding carboxylic acids is 1. The third-order valence-electron chi connectivity index (χ3n) is 3.34. The van der Waals surface area contributed by atoms with Crippen molar-refractivity contribution in [3.8, 4) is 5.75 Å². The molecule has 0 fully saturated rings. The molecule has 0 aliphatic heterocycles. The number of benzene rings is 2. The van der Waals surface area contributed by atoms with Gasteiger partial charge < -0.3 is 10.5 Å². The third kappa shape index (κ3) is 3.63. The van der Waals surface area contributed by atoms with Gasteiger partial charge in [-0.15, -0.1) is 0 Å². The molecule has 0 saturated heterocycles. The van der Waals surface area contributed by atoms with Gasteiger partial charge in [-0.2, -0.15) is 0 Å². The average molecular weight is 283 g/mol. The topological polar surface area (TPSA) is 52.3 Å². The molecule has 110 valence electrons. The molecule has 0 aliphatic carbocycles. The fourth-order valence-corrected chi connectivity index (χ4v) is 2.34. The van der Waals surface area contributed by atoms with Crippen molar-refractivity contribution < 1.29 is 9.53 Å². The van der Waals surface area contributed by atoms with Crippen LogP contribution in [0.4, 0.5) is 5.69 Å². The highest BCUT2D eigenvalue weighted by Crippen LogP contribution is 2.23. The van der Waals surface area contributed by atoms with Gasteiger partial charge >= 0.3 is 0 Å². The molecular weight excluding hydrogens is 262 g/mol. The molecule has 0 atom stereocenters. The van der Waals surface area contributed by atoms with Crippen LogP contribution in [0.25, 0.3) is 0 Å². The maximum Gasteiger partial charge on any atom is 0.195 e. The van der Waals surface area contributed by atoms with Gasteiger partial charge in [-0.25, -0.2) is 0 Å². The van der Waals surface area contributed by atoms with Gasteiger partial charge in [0.05, 0.1) is 7.11 Å². The summed E-state index contributed by atoms with van der Waals surface area (Å²) < 4.78 is 5.11. The van der Waals surface area contributed by atoms with E-state index in [1.54, 1.807) is 25.3 Å². The zero-order valence-corrected chi connectivity index (χ0v) is 12.7. The highest BCUT2D eigenvalue weighted by Gasteiger charge is 2.13. The van der Waals surface area contributed by atoms with E-state index in [0.717, 1.165) is 6.42 Å². The van der Waals surface area contributed by atoms with Crippen LogP contribution < -0.4 is 10.5 Å². The summed E-state index contributed by atoms with van der Waals surface area (Å²) in [5.74, 6) is 1.15. The van der Waals surface area contributed by atoms with Gasteiger partial charge in [-0.1, -0.05) is 32.0 Å². The lowest BCUT2D eigenvalue weighted by molar-refractivity contribution is 0.103. The van der Waals surface area contributed by atoms with Gasteiger partial charge in [0.2, 0.25) is 0 Å². The Hall–Kier alpha value is -2.29. The Morgan fingerprint density at radius 2 is 1.95 bits per heavy atom. The quantitative estimate of drug-likeness (QED) is 0.672. The number of rotatable bonds is 5. The second kappa shape index (κ2) is 6.44. The number of ether oxygens (including phenoxy) is 1. The van der Waals surface area contributed by atoms with Crippen molar-refractivity contribution in [2.75, 3.05) is 12.8 Å². The number of methoxy groups -OCH3 is 1. The summed E-state index contributed by atoms with van der Waals surface area (Å²) >= 11 is 0. The van der Waals surface area contributed by atoms with Crippen LogP contribution in [0.2, 0.25) is 0 Å². The lowest BCUT2D eigenvalue weighted by atomic mass is 9.96. The largest absolute Gasteiger partial charge is 0.497 e. The van der Waals surface area contributed by atoms with Gasteiger partial charge in [-0.05, 0) is 36.1 Å². The lowest BCUT2D eigenvalue weighted by Crippen LogP contribution is -2.06. The predicted molar refractivity (Wildman–Crippen MR) is 85.8 cm³/mol. The maximum atomic E-state index is 12.6. The minimum Gasteiger partial charge on any atom is -0.497 e. The normalized spacial score (nSPS) is 10.7. The smallest absolute Gasteiger partial charge is 0.195 e. The molecule has 0 spiro atoms. The monoisotopic (exact) mass is 283 g/mol. The van der Waals surface area contributed by atoms with Crippen LogP contribution in [0.15, 0.2) is 42.5 Å². The van der Waals surface area contributed by atoms with E-state index in [1.165, 1.54) is 5.56 Å². The standard InChI is InChI=1S/C18H21NO2/c1-12(2)9-13-5-4-6-14(10-13)18(20)16-8-7-15(21-3)11-17(16)19/h4-8,10-12H,9,19H2,1-3H3. The van der Waals surface area contributed by atoms with Crippen LogP contribution in [0.5, 0.6) is 5.75 Å². The molecule has 0 unspecified atom stereocenters. The lowest BCUT2D eigenvalue weighted by Gasteiger charge is -2.09. The van der Waals surface area contributed by atoms with Crippen molar-refractivity contribution in [2.45, 2.75) is 20.3 Å². The van der Waals surface area contributed by atoms with Crippen molar-refractivity contribution >= 4 is 11.5 Å². The van der Waals surface area contributed by atoms with Gasteiger partial charge in [0, 0.05) is 22.9 Å². The molecule has 2 N–H and O–H groups in total. The fraction of sp³-hybridized carbons (Fsp3) is 0.278. The molecule has 0 aromatic heterocycles. The number of nitrogens with two attached hydrogens (primary N) is 1. The minimum absolute atomic E-state index is 0.0549. The molecule has 2 aromatic carbocycles. The van der Waals surface area contributed by atoms with E-state index >= 15 is 0 Å². The van der Waals surface area contributed by atoms with Gasteiger partial charge in [0.1, 0.15) is 5.75 Å². The summed E-state index contributed by atoms with van der Waals surface area (Å²) in [5, 5.41) is 0. The first-order valence-corrected chi connectivity index (χ1v) is 7.08. The molecule has 0 bridgehead atoms. The molecule has 3 heteroatoms. The number of nitrogen functional groups attached to an aromatic ring is 1. The first kappa shape index (κ1) is 15.1. The van der Waals surface area contributed by atoms with Crippen LogP contribution in [-0.4, -0.2) is 12.9 Å². The molecule has 0 amide bonds. The minimum atomic E-state index is -0.0549. The van der Waals surface area contributed by atoms with Crippen molar-refractivity contribution in [1.29, 1.82) is 0 Å². The van der Waals surface area contributed by atoms with E-state index in [4.69, 9.17) is 10.5 Å². The van der Waals surface area contributed by atoms with Gasteiger partial charge in [0.25, 0.3) is 0 Å². The molecule has 0 aliphatic rings. The average Bonchev–Trinajstić information content (AvgIpc) is 2.46. The van der Waals surface area contributed by atoms with Crippen molar-refractivity contribution in [1.82, 2.24) is 0 Å². The zero-order chi connectivity index (χ0) is 15.4. The van der Waals surface area contributed by atoms with Crippen LogP contribution in [0, 0.1) is 5.92 Å². The van der Waals surface area contributed by atoms with Crippen LogP contribution >= 0.6 is 0 Å². The van der Waals surface area contributed by atoms with E-state index < -0.39 is 0 Å². The summed E-state index contributed by atoms with van der Waals surface area (Å²) in [4.78, 5) is 12.6. The molecule has 0 radical (unpaired) electrons. The van der Waals surface area contributed by atoms with E-state index in [1.807, 2.05) is 24.3 Å². The number of anilines is 1. The van der Waals surface area contributed by atoms with E-state index in [2.05, 4.69) is 13.8 Å². The molecule has 2 aromatic rings. The second-order valence-electron chi connectivity index (χ2n) is 5.58. The molecule has 2 rings (SSSR count). The highest BCUT2D eigenvalue weighted by atomic mass is 16.5. The molecule has 0 saturated carbocycles. The molecule has 3 nitrogen and oxygen atoms in total. The van der Waals surface area contributed by atoms with E-state index in [-0.39, 0.29) is 5.78 Å². The van der Waals surface area contributed by atoms with Crippen molar-refractivity contribution in [3.63, 3.8) is 0 Å². The number of hydrogen-bond acceptors (Lipinski definition) is 3. The van der Waals surface area contributed by atoms with Gasteiger partial charge in [0.15, 0.2) is 5.78 Å². The van der Waals surface area contributed by atoms with Crippen LogP contribution in [0.3, 0.4) is 0 Å². The van der Waals surface area contributed by atoms with Crippen LogP contribution in [0.1, 0.15) is 35.3 Å². The first-order valence-electron chi connectivity index (χ1n) is 7.08. The summed E-state index contributed by atoms with van der Waals surface area (Å²) in [6, 6.07) is 12.9. The Balaban J connectivity index is 2.31. The van der Waals surface area contributed by atoms with Gasteiger partial charge in [-0.3, -0.25) is 4.79 Å². The van der Waals surface area contributed by atoms with E-state index in [9.17, 15) is 4.79 Å². The first-order chi connectivity index (χ1) is 10.0. The van der Waals surface area contributed by atoms with Crippen molar-refractivity contribution in [2.24, 2.45) is 5.92 Å². The Bertz CT molecular complexity index is 647. The second-order valence-corrected chi connectivity index (χ2v) is 5.58. The highest BCUT2D eigenvalue weighted by molar-refractivity contribution is 6.12. The number of carbonyl (C=O) groups is 1. The zero-order valence-electron chi connectivity index (χ0n) is 12.7. The third-order valence-corrected chi connectivity index (χ3v) is 3.34. The SMILES string of the molecule is COc1ccc(C(=O)c2cccc(CC(C)C)c2)c(N)c1. The summed E-state index contributed by atoms with van der Waals surface area (Å²) in [6.45, 7) is 4.33. The van der Waals surface area contributed by atoms with Crippen molar-refractivity contribution in [3.05, 3.63) is 59.2 Å². The number of hydrogen-bond donors (Lipinski definition) is 1.